The lowest BCUT2D eigenvalue weighted by Crippen LogP contribution is -2.49. The molecule has 0 aliphatic carbocycles. The van der Waals surface area contributed by atoms with E-state index < -0.39 is 0 Å². The summed E-state index contributed by atoms with van der Waals surface area (Å²) in [7, 11) is 1.86. The number of hydrogen-bond donors (Lipinski definition) is 0. The Morgan fingerprint density at radius 1 is 1.32 bits per heavy atom. The number of esters is 1. The van der Waals surface area contributed by atoms with Crippen molar-refractivity contribution >= 4 is 23.4 Å². The molecule has 8 heteroatoms. The molecule has 2 aliphatic heterocycles. The highest BCUT2D eigenvalue weighted by Gasteiger charge is 2.31. The highest BCUT2D eigenvalue weighted by molar-refractivity contribution is 6.00. The van der Waals surface area contributed by atoms with E-state index in [1.165, 1.54) is 0 Å². The van der Waals surface area contributed by atoms with Gasteiger partial charge in [0.15, 0.2) is 5.82 Å². The number of amides is 1. The number of hydrogen-bond acceptors (Lipinski definition) is 7. The average molecular weight is 388 g/mol. The maximum Gasteiger partial charge on any atom is 0.310 e. The van der Waals surface area contributed by atoms with Gasteiger partial charge < -0.3 is 14.4 Å². The molecular formula is C20H28N4O4. The summed E-state index contributed by atoms with van der Waals surface area (Å²) in [5.74, 6) is 0.306. The van der Waals surface area contributed by atoms with Gasteiger partial charge in [-0.25, -0.2) is 9.99 Å². The predicted molar refractivity (Wildman–Crippen MR) is 106 cm³/mol. The number of morpholine rings is 1. The first-order valence-electron chi connectivity index (χ1n) is 9.70. The minimum Gasteiger partial charge on any atom is -0.466 e. The van der Waals surface area contributed by atoms with Crippen molar-refractivity contribution in [2.24, 2.45) is 0 Å². The number of nitrogens with zero attached hydrogens (tertiary/aromatic N) is 4. The predicted octanol–water partition coefficient (Wildman–Crippen LogP) is 1.77. The van der Waals surface area contributed by atoms with E-state index in [-0.39, 0.29) is 18.3 Å². The fourth-order valence-electron chi connectivity index (χ4n) is 3.52. The van der Waals surface area contributed by atoms with Gasteiger partial charge >= 0.3 is 5.97 Å². The summed E-state index contributed by atoms with van der Waals surface area (Å²) >= 11 is 0. The number of carbonyl (C=O) groups excluding carboxylic acids is 2. The summed E-state index contributed by atoms with van der Waals surface area (Å²) in [6.45, 7) is 7.39. The van der Waals surface area contributed by atoms with E-state index >= 15 is 0 Å². The maximum absolute atomic E-state index is 13.1. The van der Waals surface area contributed by atoms with E-state index in [2.05, 4.69) is 9.88 Å². The first-order chi connectivity index (χ1) is 13.5. The van der Waals surface area contributed by atoms with Crippen molar-refractivity contribution in [3.63, 3.8) is 0 Å². The molecule has 3 rings (SSSR count). The van der Waals surface area contributed by atoms with Crippen LogP contribution in [-0.2, 0) is 19.1 Å². The zero-order valence-electron chi connectivity index (χ0n) is 16.8. The molecule has 1 amide bonds. The van der Waals surface area contributed by atoms with Crippen LogP contribution in [0.5, 0.6) is 0 Å². The molecule has 2 aliphatic rings. The van der Waals surface area contributed by atoms with Gasteiger partial charge in [-0.05, 0) is 32.4 Å². The van der Waals surface area contributed by atoms with Gasteiger partial charge in [0.25, 0.3) is 5.91 Å². The molecule has 1 aromatic heterocycles. The SMILES string of the molecule is CCOC(=O)CC1=C(C)CCN(N(C)c2cccnc2N2CCOCC2)C1=O. The van der Waals surface area contributed by atoms with Crippen molar-refractivity contribution in [3.8, 4) is 0 Å². The van der Waals surface area contributed by atoms with Crippen LogP contribution in [0.2, 0.25) is 0 Å². The molecule has 1 aromatic rings. The topological polar surface area (TPSA) is 75.2 Å². The molecule has 0 radical (unpaired) electrons. The molecular weight excluding hydrogens is 360 g/mol. The van der Waals surface area contributed by atoms with Crippen molar-refractivity contribution in [1.82, 2.24) is 9.99 Å². The van der Waals surface area contributed by atoms with Crippen LogP contribution >= 0.6 is 0 Å². The summed E-state index contributed by atoms with van der Waals surface area (Å²) in [4.78, 5) is 31.8. The third-order valence-electron chi connectivity index (χ3n) is 5.12. The number of carbonyl (C=O) groups is 2. The Balaban J connectivity index is 1.82. The molecule has 0 atom stereocenters. The maximum atomic E-state index is 13.1. The van der Waals surface area contributed by atoms with Crippen LogP contribution in [0, 0.1) is 0 Å². The lowest BCUT2D eigenvalue weighted by molar-refractivity contribution is -0.143. The fourth-order valence-corrected chi connectivity index (χ4v) is 3.52. The minimum atomic E-state index is -0.370. The third-order valence-corrected chi connectivity index (χ3v) is 5.12. The van der Waals surface area contributed by atoms with Gasteiger partial charge in [-0.1, -0.05) is 5.57 Å². The summed E-state index contributed by atoms with van der Waals surface area (Å²) in [5, 5.41) is 3.53. The van der Waals surface area contributed by atoms with E-state index in [0.29, 0.717) is 31.9 Å². The van der Waals surface area contributed by atoms with Gasteiger partial charge in [-0.2, -0.15) is 0 Å². The van der Waals surface area contributed by atoms with Crippen LogP contribution in [0.4, 0.5) is 11.5 Å². The third kappa shape index (κ3) is 4.27. The van der Waals surface area contributed by atoms with Crippen LogP contribution in [0.25, 0.3) is 0 Å². The van der Waals surface area contributed by atoms with Crippen LogP contribution < -0.4 is 9.91 Å². The zero-order chi connectivity index (χ0) is 20.1. The summed E-state index contributed by atoms with van der Waals surface area (Å²) in [5.41, 5.74) is 2.32. The van der Waals surface area contributed by atoms with Gasteiger partial charge in [0.1, 0.15) is 0 Å². The van der Waals surface area contributed by atoms with Crippen molar-refractivity contribution in [3.05, 3.63) is 29.5 Å². The van der Waals surface area contributed by atoms with Crippen molar-refractivity contribution < 1.29 is 19.1 Å². The van der Waals surface area contributed by atoms with E-state index in [1.54, 1.807) is 18.1 Å². The highest BCUT2D eigenvalue weighted by atomic mass is 16.5. The monoisotopic (exact) mass is 388 g/mol. The normalized spacial score (nSPS) is 17.8. The van der Waals surface area contributed by atoms with Gasteiger partial charge in [0.2, 0.25) is 0 Å². The van der Waals surface area contributed by atoms with E-state index in [1.807, 2.05) is 31.1 Å². The second-order valence-electron chi connectivity index (χ2n) is 6.89. The molecule has 0 unspecified atom stereocenters. The molecule has 1 fully saturated rings. The van der Waals surface area contributed by atoms with Crippen LogP contribution in [-0.4, -0.2) is 68.4 Å². The molecule has 0 aromatic carbocycles. The summed E-state index contributed by atoms with van der Waals surface area (Å²) in [6, 6.07) is 3.83. The Morgan fingerprint density at radius 3 is 2.79 bits per heavy atom. The van der Waals surface area contributed by atoms with Crippen molar-refractivity contribution in [2.45, 2.75) is 26.7 Å². The molecule has 1 saturated heterocycles. The molecule has 8 nitrogen and oxygen atoms in total. The van der Waals surface area contributed by atoms with Gasteiger partial charge in [0, 0.05) is 38.5 Å². The number of ether oxygens (including phenoxy) is 2. The average Bonchev–Trinajstić information content (AvgIpc) is 2.71. The lowest BCUT2D eigenvalue weighted by Gasteiger charge is -2.39. The van der Waals surface area contributed by atoms with E-state index in [0.717, 1.165) is 36.6 Å². The van der Waals surface area contributed by atoms with Crippen molar-refractivity contribution in [1.29, 1.82) is 0 Å². The zero-order valence-corrected chi connectivity index (χ0v) is 16.8. The Bertz CT molecular complexity index is 758. The number of rotatable bonds is 6. The molecule has 0 spiro atoms. The highest BCUT2D eigenvalue weighted by Crippen LogP contribution is 2.31. The van der Waals surface area contributed by atoms with Crippen LogP contribution in [0.1, 0.15) is 26.7 Å². The molecule has 0 bridgehead atoms. The Hall–Kier alpha value is -2.61. The summed E-state index contributed by atoms with van der Waals surface area (Å²) in [6.07, 6.45) is 2.49. The van der Waals surface area contributed by atoms with Crippen LogP contribution in [0.15, 0.2) is 29.5 Å². The smallest absolute Gasteiger partial charge is 0.310 e. The first-order valence-corrected chi connectivity index (χ1v) is 9.70. The minimum absolute atomic E-state index is 0.00616. The Morgan fingerprint density at radius 2 is 2.07 bits per heavy atom. The molecule has 3 heterocycles. The second kappa shape index (κ2) is 9.05. The second-order valence-corrected chi connectivity index (χ2v) is 6.89. The number of hydrazine groups is 1. The first kappa shape index (κ1) is 20.1. The molecule has 152 valence electrons. The lowest BCUT2D eigenvalue weighted by atomic mass is 9.99. The quantitative estimate of drug-likeness (QED) is 0.688. The Kier molecular flexibility index (Phi) is 6.51. The molecule has 0 N–H and O–H groups in total. The van der Waals surface area contributed by atoms with Crippen molar-refractivity contribution in [2.75, 3.05) is 56.4 Å². The largest absolute Gasteiger partial charge is 0.466 e. The number of anilines is 2. The number of aromatic nitrogens is 1. The molecule has 28 heavy (non-hydrogen) atoms. The standard InChI is InChI=1S/C20H28N4O4/c1-4-28-18(25)14-16-15(2)7-9-24(20(16)26)22(3)17-6-5-8-21-19(17)23-10-12-27-13-11-23/h5-6,8H,4,7,9-14H2,1-3H3. The summed E-state index contributed by atoms with van der Waals surface area (Å²) < 4.78 is 10.5. The van der Waals surface area contributed by atoms with Gasteiger partial charge in [0.05, 0.1) is 31.9 Å². The Labute approximate surface area is 165 Å². The fraction of sp³-hybridized carbons (Fsp3) is 0.550. The van der Waals surface area contributed by atoms with E-state index in [9.17, 15) is 9.59 Å². The van der Waals surface area contributed by atoms with E-state index in [4.69, 9.17) is 9.47 Å². The number of pyridine rings is 1. The molecule has 0 saturated carbocycles. The van der Waals surface area contributed by atoms with Gasteiger partial charge in [-0.3, -0.25) is 14.6 Å². The van der Waals surface area contributed by atoms with Crippen LogP contribution in [0.3, 0.4) is 0 Å². The van der Waals surface area contributed by atoms with Gasteiger partial charge in [-0.15, -0.1) is 0 Å².